The number of benzene rings is 3. The molecule has 0 aliphatic heterocycles. The molecule has 0 fully saturated rings. The van der Waals surface area contributed by atoms with Crippen LogP contribution >= 0.6 is 0 Å². The van der Waals surface area contributed by atoms with Crippen LogP contribution in [0.2, 0.25) is 0 Å². The predicted molar refractivity (Wildman–Crippen MR) is 127 cm³/mol. The highest BCUT2D eigenvalue weighted by Crippen LogP contribution is 2.27. The number of rotatable bonds is 9. The van der Waals surface area contributed by atoms with Crippen molar-refractivity contribution in [3.05, 3.63) is 114 Å². The minimum Gasteiger partial charge on any atom is -0.350 e. The summed E-state index contributed by atoms with van der Waals surface area (Å²) in [4.78, 5) is 25.8. The van der Waals surface area contributed by atoms with Gasteiger partial charge < -0.3 is 15.2 Å². The minimum atomic E-state index is -0.402. The smallest absolute Gasteiger partial charge is 0.290 e. The van der Waals surface area contributed by atoms with Gasteiger partial charge in [-0.15, -0.1) is 0 Å². The van der Waals surface area contributed by atoms with E-state index in [1.165, 1.54) is 0 Å². The Hall–Kier alpha value is -4.19. The fourth-order valence-corrected chi connectivity index (χ4v) is 3.57. The zero-order chi connectivity index (χ0) is 22.9. The van der Waals surface area contributed by atoms with Gasteiger partial charge in [-0.2, -0.15) is 0 Å². The minimum absolute atomic E-state index is 0.0301. The Kier molecular flexibility index (Phi) is 7.28. The molecule has 0 aliphatic rings. The van der Waals surface area contributed by atoms with E-state index in [0.717, 1.165) is 11.1 Å². The summed E-state index contributed by atoms with van der Waals surface area (Å²) in [6.07, 6.45) is 1.38. The van der Waals surface area contributed by atoms with Crippen molar-refractivity contribution in [3.63, 3.8) is 0 Å². The quantitative estimate of drug-likeness (QED) is 0.408. The molecule has 3 aromatic carbocycles. The molecule has 6 heteroatoms. The summed E-state index contributed by atoms with van der Waals surface area (Å²) in [6.45, 7) is 0.888. The Morgan fingerprint density at radius 2 is 1.15 bits per heavy atom. The summed E-state index contributed by atoms with van der Waals surface area (Å²) in [5.74, 6) is -0.750. The average molecular weight is 440 g/mol. The third-order valence-corrected chi connectivity index (χ3v) is 5.26. The standard InChI is InChI=1S/C27H25N3O3/c31-26(28-18-16-20-10-4-1-5-11-20)24-23(22-14-8-3-9-15-22)25(33-30-24)27(32)29-19-17-21-12-6-2-7-13-21/h1-15H,16-19H2,(H,28,31)(H,29,32). The fraction of sp³-hybridized carbons (Fsp3) is 0.148. The Morgan fingerprint density at radius 1 is 0.667 bits per heavy atom. The second kappa shape index (κ2) is 10.9. The number of carbonyl (C=O) groups excluding carboxylic acids is 2. The second-order valence-corrected chi connectivity index (χ2v) is 7.58. The molecule has 1 heterocycles. The zero-order valence-electron chi connectivity index (χ0n) is 18.2. The van der Waals surface area contributed by atoms with Gasteiger partial charge in [-0.3, -0.25) is 9.59 Å². The molecule has 6 nitrogen and oxygen atoms in total. The highest BCUT2D eigenvalue weighted by Gasteiger charge is 2.27. The Morgan fingerprint density at radius 3 is 1.70 bits per heavy atom. The molecule has 0 spiro atoms. The molecule has 33 heavy (non-hydrogen) atoms. The first-order valence-corrected chi connectivity index (χ1v) is 10.9. The Labute approximate surface area is 192 Å². The largest absolute Gasteiger partial charge is 0.350 e. The molecular formula is C27H25N3O3. The molecule has 0 saturated carbocycles. The highest BCUT2D eigenvalue weighted by molar-refractivity contribution is 6.06. The second-order valence-electron chi connectivity index (χ2n) is 7.58. The molecule has 0 unspecified atom stereocenters. The molecule has 0 saturated heterocycles. The normalized spacial score (nSPS) is 10.5. The van der Waals surface area contributed by atoms with Crippen LogP contribution < -0.4 is 10.6 Å². The van der Waals surface area contributed by atoms with E-state index in [9.17, 15) is 9.59 Å². The van der Waals surface area contributed by atoms with Crippen molar-refractivity contribution in [1.82, 2.24) is 15.8 Å². The van der Waals surface area contributed by atoms with Gasteiger partial charge in [0.05, 0.1) is 5.56 Å². The first kappa shape index (κ1) is 22.0. The topological polar surface area (TPSA) is 84.2 Å². The Balaban J connectivity index is 1.48. The van der Waals surface area contributed by atoms with Gasteiger partial charge in [-0.25, -0.2) is 0 Å². The third kappa shape index (κ3) is 5.74. The lowest BCUT2D eigenvalue weighted by Gasteiger charge is -2.07. The molecule has 2 amide bonds. The number of nitrogens with one attached hydrogen (secondary N) is 2. The summed E-state index contributed by atoms with van der Waals surface area (Å²) in [7, 11) is 0. The third-order valence-electron chi connectivity index (χ3n) is 5.26. The van der Waals surface area contributed by atoms with Crippen LogP contribution in [0, 0.1) is 0 Å². The van der Waals surface area contributed by atoms with Crippen LogP contribution in [0.15, 0.2) is 95.5 Å². The van der Waals surface area contributed by atoms with Gasteiger partial charge in [0.15, 0.2) is 5.69 Å². The lowest BCUT2D eigenvalue weighted by Crippen LogP contribution is -2.27. The molecule has 0 aliphatic carbocycles. The number of aromatic nitrogens is 1. The predicted octanol–water partition coefficient (Wildman–Crippen LogP) is 4.29. The van der Waals surface area contributed by atoms with Crippen molar-refractivity contribution in [2.45, 2.75) is 12.8 Å². The molecule has 0 radical (unpaired) electrons. The number of hydrogen-bond donors (Lipinski definition) is 2. The van der Waals surface area contributed by atoms with E-state index in [2.05, 4.69) is 15.8 Å². The van der Waals surface area contributed by atoms with E-state index < -0.39 is 5.91 Å². The summed E-state index contributed by atoms with van der Waals surface area (Å²) in [5, 5.41) is 9.71. The van der Waals surface area contributed by atoms with Gasteiger partial charge in [0, 0.05) is 13.1 Å². The molecule has 0 bridgehead atoms. The Bertz CT molecular complexity index is 1110. The first-order chi connectivity index (χ1) is 16.2. The molecule has 2 N–H and O–H groups in total. The van der Waals surface area contributed by atoms with Crippen LogP contribution in [0.1, 0.15) is 32.2 Å². The monoisotopic (exact) mass is 439 g/mol. The van der Waals surface area contributed by atoms with E-state index in [1.807, 2.05) is 91.0 Å². The molecule has 1 aromatic heterocycles. The lowest BCUT2D eigenvalue weighted by atomic mass is 10.0. The maximum Gasteiger partial charge on any atom is 0.290 e. The van der Waals surface area contributed by atoms with Crippen LogP contribution in [0.3, 0.4) is 0 Å². The van der Waals surface area contributed by atoms with Crippen LogP contribution in [-0.4, -0.2) is 30.1 Å². The molecule has 4 rings (SSSR count). The van der Waals surface area contributed by atoms with Crippen LogP contribution in [0.25, 0.3) is 11.1 Å². The van der Waals surface area contributed by atoms with Gasteiger partial charge in [-0.05, 0) is 29.5 Å². The van der Waals surface area contributed by atoms with Crippen molar-refractivity contribution < 1.29 is 14.1 Å². The van der Waals surface area contributed by atoms with Crippen molar-refractivity contribution in [3.8, 4) is 11.1 Å². The van der Waals surface area contributed by atoms with Gasteiger partial charge in [0.25, 0.3) is 11.8 Å². The van der Waals surface area contributed by atoms with Gasteiger partial charge >= 0.3 is 0 Å². The van der Waals surface area contributed by atoms with Gasteiger partial charge in [-0.1, -0.05) is 96.2 Å². The van der Waals surface area contributed by atoms with Crippen molar-refractivity contribution in [2.24, 2.45) is 0 Å². The average Bonchev–Trinajstić information content (AvgIpc) is 3.31. The van der Waals surface area contributed by atoms with E-state index >= 15 is 0 Å². The van der Waals surface area contributed by atoms with Crippen LogP contribution in [0.5, 0.6) is 0 Å². The van der Waals surface area contributed by atoms with Crippen molar-refractivity contribution in [2.75, 3.05) is 13.1 Å². The fourth-order valence-electron chi connectivity index (χ4n) is 3.57. The van der Waals surface area contributed by atoms with Crippen LogP contribution in [-0.2, 0) is 12.8 Å². The molecule has 0 atom stereocenters. The number of nitrogens with zero attached hydrogens (tertiary/aromatic N) is 1. The zero-order valence-corrected chi connectivity index (χ0v) is 18.2. The summed E-state index contributed by atoms with van der Waals surface area (Å²) < 4.78 is 5.38. The molecule has 4 aromatic rings. The first-order valence-electron chi connectivity index (χ1n) is 10.9. The van der Waals surface area contributed by atoms with E-state index in [1.54, 1.807) is 0 Å². The van der Waals surface area contributed by atoms with Gasteiger partial charge in [0.1, 0.15) is 0 Å². The van der Waals surface area contributed by atoms with E-state index in [0.29, 0.717) is 37.1 Å². The van der Waals surface area contributed by atoms with Gasteiger partial charge in [0.2, 0.25) is 5.76 Å². The maximum absolute atomic E-state index is 12.9. The summed E-state index contributed by atoms with van der Waals surface area (Å²) in [6, 6.07) is 29.0. The molecular weight excluding hydrogens is 414 g/mol. The van der Waals surface area contributed by atoms with Crippen LogP contribution in [0.4, 0.5) is 0 Å². The number of hydrogen-bond acceptors (Lipinski definition) is 4. The number of carbonyl (C=O) groups is 2. The SMILES string of the molecule is O=C(NCCc1ccccc1)c1noc(C(=O)NCCc2ccccc2)c1-c1ccccc1. The van der Waals surface area contributed by atoms with Crippen molar-refractivity contribution in [1.29, 1.82) is 0 Å². The maximum atomic E-state index is 12.9. The van der Waals surface area contributed by atoms with E-state index in [-0.39, 0.29) is 17.4 Å². The number of amides is 2. The van der Waals surface area contributed by atoms with E-state index in [4.69, 9.17) is 4.52 Å². The highest BCUT2D eigenvalue weighted by atomic mass is 16.5. The molecule has 166 valence electrons. The van der Waals surface area contributed by atoms with Crippen molar-refractivity contribution >= 4 is 11.8 Å². The summed E-state index contributed by atoms with van der Waals surface area (Å²) in [5.41, 5.74) is 3.43. The lowest BCUT2D eigenvalue weighted by molar-refractivity contribution is 0.0909. The summed E-state index contributed by atoms with van der Waals surface area (Å²) >= 11 is 0.